The summed E-state index contributed by atoms with van der Waals surface area (Å²) < 4.78 is 0. The summed E-state index contributed by atoms with van der Waals surface area (Å²) in [6, 6.07) is 43.6. The lowest BCUT2D eigenvalue weighted by atomic mass is 9.91. The lowest BCUT2D eigenvalue weighted by Gasteiger charge is -2.15. The second-order valence-electron chi connectivity index (χ2n) is 9.09. The molecule has 2 heteroatoms. The first-order valence-corrected chi connectivity index (χ1v) is 14.2. The maximum Gasteiger partial charge on any atom is 0.0722 e. The van der Waals surface area contributed by atoms with Crippen LogP contribution in [0.2, 0.25) is 0 Å². The van der Waals surface area contributed by atoms with Crippen LogP contribution in [-0.2, 0) is 0 Å². The Morgan fingerprint density at radius 1 is 0.514 bits per heavy atom. The fourth-order valence-electron chi connectivity index (χ4n) is 4.89. The van der Waals surface area contributed by atoms with Crippen molar-refractivity contribution >= 4 is 34.9 Å². The van der Waals surface area contributed by atoms with Crippen LogP contribution in [0.15, 0.2) is 121 Å². The average Bonchev–Trinajstić information content (AvgIpc) is 2.93. The second kappa shape index (κ2) is 9.10. The van der Waals surface area contributed by atoms with Gasteiger partial charge in [-0.25, -0.2) is 4.98 Å². The third kappa shape index (κ3) is 4.03. The van der Waals surface area contributed by atoms with Crippen molar-refractivity contribution in [3.05, 3.63) is 121 Å². The summed E-state index contributed by atoms with van der Waals surface area (Å²) in [7, 11) is -0.0958. The third-order valence-corrected chi connectivity index (χ3v) is 8.01. The standard InChI is InChI=1S/C33H26NP/c1-35(2)26-18-16-24(17-19-26)27-14-9-15-29-28(27)20-21-31-33(29)30(23-10-5-3-6-11-23)22-32(34-31)25-12-7-4-8-13-25/h3-22H,1-2H3. The second-order valence-corrected chi connectivity index (χ2v) is 11.4. The molecule has 1 nitrogen and oxygen atoms in total. The average molecular weight is 468 g/mol. The van der Waals surface area contributed by atoms with E-state index in [1.165, 1.54) is 43.7 Å². The van der Waals surface area contributed by atoms with E-state index >= 15 is 0 Å². The fourth-order valence-corrected chi connectivity index (χ4v) is 5.63. The maximum atomic E-state index is 5.12. The van der Waals surface area contributed by atoms with Crippen LogP contribution >= 0.6 is 7.92 Å². The van der Waals surface area contributed by atoms with Gasteiger partial charge in [0, 0.05) is 10.9 Å². The zero-order valence-electron chi connectivity index (χ0n) is 19.9. The Hall–Kier alpha value is -3.80. The first-order valence-electron chi connectivity index (χ1n) is 11.9. The van der Waals surface area contributed by atoms with Crippen molar-refractivity contribution in [1.29, 1.82) is 0 Å². The van der Waals surface area contributed by atoms with Crippen LogP contribution in [0.1, 0.15) is 0 Å². The summed E-state index contributed by atoms with van der Waals surface area (Å²) in [5, 5.41) is 5.13. The number of hydrogen-bond donors (Lipinski definition) is 0. The van der Waals surface area contributed by atoms with Gasteiger partial charge in [-0.05, 0) is 63.8 Å². The van der Waals surface area contributed by atoms with Crippen LogP contribution in [0.4, 0.5) is 0 Å². The SMILES string of the molecule is CP(C)c1ccc(-c2cccc3c2ccc2nc(-c4ccccc4)cc(-c4ccccc4)c23)cc1. The minimum atomic E-state index is -0.0958. The van der Waals surface area contributed by atoms with Crippen LogP contribution in [0.3, 0.4) is 0 Å². The van der Waals surface area contributed by atoms with Crippen LogP contribution in [0.25, 0.3) is 55.2 Å². The van der Waals surface area contributed by atoms with Gasteiger partial charge in [-0.3, -0.25) is 0 Å². The number of rotatable bonds is 4. The Morgan fingerprint density at radius 2 is 1.17 bits per heavy atom. The molecule has 6 rings (SSSR count). The number of nitrogens with zero attached hydrogens (tertiary/aromatic N) is 1. The highest BCUT2D eigenvalue weighted by Crippen LogP contribution is 2.39. The first-order chi connectivity index (χ1) is 17.2. The minimum absolute atomic E-state index is 0.0958. The van der Waals surface area contributed by atoms with E-state index < -0.39 is 0 Å². The van der Waals surface area contributed by atoms with E-state index in [-0.39, 0.29) is 7.92 Å². The van der Waals surface area contributed by atoms with Gasteiger partial charge < -0.3 is 0 Å². The van der Waals surface area contributed by atoms with Crippen molar-refractivity contribution < 1.29 is 0 Å². The molecule has 0 aliphatic heterocycles. The molecule has 0 spiro atoms. The molecule has 0 aliphatic rings. The predicted molar refractivity (Wildman–Crippen MR) is 154 cm³/mol. The molecule has 0 saturated carbocycles. The van der Waals surface area contributed by atoms with Crippen LogP contribution < -0.4 is 5.30 Å². The molecule has 0 saturated heterocycles. The first kappa shape index (κ1) is 21.7. The van der Waals surface area contributed by atoms with Crippen molar-refractivity contribution in [3.8, 4) is 33.5 Å². The molecule has 0 amide bonds. The number of pyridine rings is 1. The molecule has 0 aliphatic carbocycles. The molecule has 0 unspecified atom stereocenters. The van der Waals surface area contributed by atoms with Gasteiger partial charge in [0.05, 0.1) is 11.2 Å². The van der Waals surface area contributed by atoms with E-state index in [2.05, 4.69) is 129 Å². The highest BCUT2D eigenvalue weighted by atomic mass is 31.1. The van der Waals surface area contributed by atoms with E-state index in [1.807, 2.05) is 6.07 Å². The normalized spacial score (nSPS) is 11.4. The van der Waals surface area contributed by atoms with Crippen molar-refractivity contribution in [1.82, 2.24) is 4.98 Å². The predicted octanol–water partition coefficient (Wildman–Crippen LogP) is 8.76. The largest absolute Gasteiger partial charge is 0.248 e. The van der Waals surface area contributed by atoms with Gasteiger partial charge in [0.2, 0.25) is 0 Å². The summed E-state index contributed by atoms with van der Waals surface area (Å²) in [6.07, 6.45) is 0. The minimum Gasteiger partial charge on any atom is -0.248 e. The topological polar surface area (TPSA) is 12.9 Å². The van der Waals surface area contributed by atoms with Gasteiger partial charge in [0.25, 0.3) is 0 Å². The molecular formula is C33H26NP. The maximum absolute atomic E-state index is 5.12. The highest BCUT2D eigenvalue weighted by Gasteiger charge is 2.14. The highest BCUT2D eigenvalue weighted by molar-refractivity contribution is 7.64. The number of benzene rings is 5. The van der Waals surface area contributed by atoms with Crippen LogP contribution in [0, 0.1) is 0 Å². The van der Waals surface area contributed by atoms with Crippen molar-refractivity contribution in [2.24, 2.45) is 0 Å². The molecule has 1 aromatic heterocycles. The molecule has 0 fully saturated rings. The van der Waals surface area contributed by atoms with E-state index in [0.717, 1.165) is 16.8 Å². The Morgan fingerprint density at radius 3 is 1.86 bits per heavy atom. The number of aromatic nitrogens is 1. The zero-order chi connectivity index (χ0) is 23.8. The van der Waals surface area contributed by atoms with Crippen LogP contribution in [0.5, 0.6) is 0 Å². The van der Waals surface area contributed by atoms with Crippen molar-refractivity contribution in [2.75, 3.05) is 13.3 Å². The Kier molecular flexibility index (Phi) is 5.64. The van der Waals surface area contributed by atoms with E-state index in [4.69, 9.17) is 4.98 Å². The molecule has 0 bridgehead atoms. The fraction of sp³-hybridized carbons (Fsp3) is 0.0606. The molecular weight excluding hydrogens is 441 g/mol. The van der Waals surface area contributed by atoms with Gasteiger partial charge >= 0.3 is 0 Å². The molecule has 0 radical (unpaired) electrons. The molecule has 5 aromatic carbocycles. The summed E-state index contributed by atoms with van der Waals surface area (Å²) in [5.41, 5.74) is 8.09. The lowest BCUT2D eigenvalue weighted by molar-refractivity contribution is 1.40. The number of fused-ring (bicyclic) bond motifs is 3. The number of hydrogen-bond acceptors (Lipinski definition) is 1. The molecule has 0 atom stereocenters. The van der Waals surface area contributed by atoms with Gasteiger partial charge in [-0.15, -0.1) is 0 Å². The summed E-state index contributed by atoms with van der Waals surface area (Å²) in [6.45, 7) is 4.60. The Balaban J connectivity index is 1.64. The summed E-state index contributed by atoms with van der Waals surface area (Å²) in [5.74, 6) is 0. The Bertz CT molecular complexity index is 1640. The van der Waals surface area contributed by atoms with Crippen molar-refractivity contribution in [3.63, 3.8) is 0 Å². The molecule has 6 aromatic rings. The van der Waals surface area contributed by atoms with Gasteiger partial charge in [0.1, 0.15) is 0 Å². The summed E-state index contributed by atoms with van der Waals surface area (Å²) in [4.78, 5) is 5.12. The van der Waals surface area contributed by atoms with Gasteiger partial charge in [-0.1, -0.05) is 117 Å². The monoisotopic (exact) mass is 467 g/mol. The van der Waals surface area contributed by atoms with E-state index in [9.17, 15) is 0 Å². The Labute approximate surface area is 207 Å². The third-order valence-electron chi connectivity index (χ3n) is 6.68. The summed E-state index contributed by atoms with van der Waals surface area (Å²) >= 11 is 0. The van der Waals surface area contributed by atoms with Gasteiger partial charge in [-0.2, -0.15) is 0 Å². The lowest BCUT2D eigenvalue weighted by Crippen LogP contribution is -1.97. The zero-order valence-corrected chi connectivity index (χ0v) is 20.8. The van der Waals surface area contributed by atoms with Gasteiger partial charge in [0.15, 0.2) is 0 Å². The van der Waals surface area contributed by atoms with E-state index in [1.54, 1.807) is 0 Å². The quantitative estimate of drug-likeness (QED) is 0.187. The van der Waals surface area contributed by atoms with E-state index in [0.29, 0.717) is 0 Å². The molecule has 0 N–H and O–H groups in total. The molecule has 35 heavy (non-hydrogen) atoms. The van der Waals surface area contributed by atoms with Crippen molar-refractivity contribution in [2.45, 2.75) is 0 Å². The molecule has 168 valence electrons. The van der Waals surface area contributed by atoms with Crippen LogP contribution in [-0.4, -0.2) is 18.3 Å². The molecule has 1 heterocycles. The smallest absolute Gasteiger partial charge is 0.0722 e.